The molecule has 1 aliphatic rings. The van der Waals surface area contributed by atoms with Crippen LogP contribution in [-0.2, 0) is 30.7 Å². The predicted molar refractivity (Wildman–Crippen MR) is 113 cm³/mol. The summed E-state index contributed by atoms with van der Waals surface area (Å²) in [5.41, 5.74) is 1.09. The molecule has 0 saturated heterocycles. The molecule has 0 aliphatic carbocycles. The summed E-state index contributed by atoms with van der Waals surface area (Å²) in [4.78, 5) is 8.78. The summed E-state index contributed by atoms with van der Waals surface area (Å²) in [5, 5.41) is 11.2. The van der Waals surface area contributed by atoms with Gasteiger partial charge in [-0.3, -0.25) is 4.99 Å². The minimum atomic E-state index is -0.211. The number of aromatic nitrogens is 3. The van der Waals surface area contributed by atoms with Gasteiger partial charge in [-0.1, -0.05) is 12.1 Å². The fourth-order valence-electron chi connectivity index (χ4n) is 3.03. The van der Waals surface area contributed by atoms with Crippen LogP contribution in [-0.4, -0.2) is 47.5 Å². The van der Waals surface area contributed by atoms with E-state index in [1.165, 1.54) is 12.1 Å². The maximum absolute atomic E-state index is 12.9. The zero-order chi connectivity index (χ0) is 18.4. The molecule has 0 saturated carbocycles. The highest BCUT2D eigenvalue weighted by Crippen LogP contribution is 2.13. The molecule has 2 aromatic rings. The number of fused-ring (bicyclic) bond motifs is 1. The highest BCUT2D eigenvalue weighted by atomic mass is 127. The number of rotatable bonds is 6. The highest BCUT2D eigenvalue weighted by molar-refractivity contribution is 14.0. The molecule has 0 amide bonds. The van der Waals surface area contributed by atoms with Crippen LogP contribution in [0.5, 0.6) is 0 Å². The number of methoxy groups -OCH3 is 1. The van der Waals surface area contributed by atoms with Gasteiger partial charge in [0.1, 0.15) is 18.2 Å². The second-order valence-corrected chi connectivity index (χ2v) is 6.31. The summed E-state index contributed by atoms with van der Waals surface area (Å²) >= 11 is 0. The van der Waals surface area contributed by atoms with Gasteiger partial charge in [-0.15, -0.1) is 24.0 Å². The van der Waals surface area contributed by atoms with Gasteiger partial charge < -0.3 is 15.4 Å². The van der Waals surface area contributed by atoms with E-state index in [1.54, 1.807) is 26.3 Å². The van der Waals surface area contributed by atoms with Gasteiger partial charge in [-0.2, -0.15) is 5.10 Å². The van der Waals surface area contributed by atoms with Crippen molar-refractivity contribution in [1.82, 2.24) is 25.4 Å². The lowest BCUT2D eigenvalue weighted by molar-refractivity contribution is 0.177. The monoisotopic (exact) mass is 488 g/mol. The molecule has 0 bridgehead atoms. The molecule has 0 fully saturated rings. The second kappa shape index (κ2) is 10.5. The van der Waals surface area contributed by atoms with E-state index in [4.69, 9.17) is 4.74 Å². The van der Waals surface area contributed by atoms with Gasteiger partial charge >= 0.3 is 0 Å². The van der Waals surface area contributed by atoms with Gasteiger partial charge in [0, 0.05) is 33.2 Å². The van der Waals surface area contributed by atoms with Crippen molar-refractivity contribution in [2.45, 2.75) is 38.5 Å². The molecule has 1 unspecified atom stereocenters. The average molecular weight is 488 g/mol. The Morgan fingerprint density at radius 3 is 2.85 bits per heavy atom. The quantitative estimate of drug-likeness (QED) is 0.369. The van der Waals surface area contributed by atoms with E-state index in [1.807, 2.05) is 4.68 Å². The normalized spacial score (nSPS) is 16.4. The Balaban J connectivity index is 0.00000261. The molecule has 2 heterocycles. The third kappa shape index (κ3) is 6.13. The number of aliphatic imine (C=N–C) groups is 1. The molecule has 7 nitrogen and oxygen atoms in total. The molecule has 1 aromatic carbocycles. The van der Waals surface area contributed by atoms with Crippen LogP contribution in [0.4, 0.5) is 4.39 Å². The van der Waals surface area contributed by atoms with Crippen molar-refractivity contribution in [1.29, 1.82) is 0 Å². The Morgan fingerprint density at radius 2 is 2.15 bits per heavy atom. The number of hydrogen-bond donors (Lipinski definition) is 2. The maximum Gasteiger partial charge on any atom is 0.191 e. The van der Waals surface area contributed by atoms with Crippen molar-refractivity contribution in [2.24, 2.45) is 4.99 Å². The number of nitrogens with zero attached hydrogens (tertiary/aromatic N) is 4. The molecule has 9 heteroatoms. The standard InChI is InChI=1S/C18H25FN6O.HI/c1-20-18(21-10-9-13-3-5-14(19)6-4-13)22-15-7-8-17-23-16(12-26-2)24-25(17)11-15;/h3-6,15H,7-12H2,1-2H3,(H2,20,21,22);1H. The zero-order valence-electron chi connectivity index (χ0n) is 15.6. The number of hydrogen-bond acceptors (Lipinski definition) is 4. The Morgan fingerprint density at radius 1 is 1.37 bits per heavy atom. The molecular weight excluding hydrogens is 462 g/mol. The Kier molecular flexibility index (Phi) is 8.42. The average Bonchev–Trinajstić information content (AvgIpc) is 3.04. The van der Waals surface area contributed by atoms with Gasteiger partial charge in [0.2, 0.25) is 0 Å². The molecule has 2 N–H and O–H groups in total. The first-order chi connectivity index (χ1) is 12.7. The van der Waals surface area contributed by atoms with Gasteiger partial charge in [-0.05, 0) is 30.5 Å². The summed E-state index contributed by atoms with van der Waals surface area (Å²) < 4.78 is 20.0. The first-order valence-electron chi connectivity index (χ1n) is 8.81. The van der Waals surface area contributed by atoms with Crippen LogP contribution in [0.25, 0.3) is 0 Å². The molecule has 1 aromatic heterocycles. The SMILES string of the molecule is CN=C(NCCc1ccc(F)cc1)NC1CCc2nc(COC)nn2C1.I. The summed E-state index contributed by atoms with van der Waals surface area (Å²) in [6.45, 7) is 1.92. The maximum atomic E-state index is 12.9. The van der Waals surface area contributed by atoms with Crippen molar-refractivity contribution in [2.75, 3.05) is 20.7 Å². The number of nitrogens with one attached hydrogen (secondary N) is 2. The third-order valence-electron chi connectivity index (χ3n) is 4.36. The summed E-state index contributed by atoms with van der Waals surface area (Å²) in [5.74, 6) is 2.29. The molecule has 1 aliphatic heterocycles. The molecule has 3 rings (SSSR count). The summed E-state index contributed by atoms with van der Waals surface area (Å²) in [6, 6.07) is 6.82. The van der Waals surface area contributed by atoms with Crippen molar-refractivity contribution >= 4 is 29.9 Å². The van der Waals surface area contributed by atoms with Gasteiger partial charge in [0.15, 0.2) is 11.8 Å². The van der Waals surface area contributed by atoms with E-state index < -0.39 is 0 Å². The van der Waals surface area contributed by atoms with Crippen LogP contribution in [0.2, 0.25) is 0 Å². The van der Waals surface area contributed by atoms with Gasteiger partial charge in [-0.25, -0.2) is 14.1 Å². The smallest absolute Gasteiger partial charge is 0.191 e. The van der Waals surface area contributed by atoms with E-state index in [0.29, 0.717) is 6.61 Å². The van der Waals surface area contributed by atoms with Gasteiger partial charge in [0.05, 0.1) is 6.54 Å². The number of guanidine groups is 1. The lowest BCUT2D eigenvalue weighted by Crippen LogP contribution is -2.47. The molecule has 1 atom stereocenters. The largest absolute Gasteiger partial charge is 0.377 e. The third-order valence-corrected chi connectivity index (χ3v) is 4.36. The summed E-state index contributed by atoms with van der Waals surface area (Å²) in [6.07, 6.45) is 2.66. The van der Waals surface area contributed by atoms with E-state index in [-0.39, 0.29) is 35.8 Å². The van der Waals surface area contributed by atoms with E-state index in [9.17, 15) is 4.39 Å². The number of halogens is 2. The minimum absolute atomic E-state index is 0. The Bertz CT molecular complexity index is 749. The fourth-order valence-corrected chi connectivity index (χ4v) is 3.03. The van der Waals surface area contributed by atoms with Crippen LogP contribution >= 0.6 is 24.0 Å². The van der Waals surface area contributed by atoms with Crippen LogP contribution in [0.1, 0.15) is 23.6 Å². The zero-order valence-corrected chi connectivity index (χ0v) is 17.9. The fraction of sp³-hybridized carbons (Fsp3) is 0.500. The Hall–Kier alpha value is -1.75. The van der Waals surface area contributed by atoms with Crippen molar-refractivity contribution in [3.63, 3.8) is 0 Å². The predicted octanol–water partition coefficient (Wildman–Crippen LogP) is 1.90. The number of aryl methyl sites for hydroxylation is 1. The van der Waals surface area contributed by atoms with E-state index >= 15 is 0 Å². The topological polar surface area (TPSA) is 76.4 Å². The lowest BCUT2D eigenvalue weighted by Gasteiger charge is -2.25. The lowest BCUT2D eigenvalue weighted by atomic mass is 10.1. The van der Waals surface area contributed by atoms with Crippen molar-refractivity contribution < 1.29 is 9.13 Å². The van der Waals surface area contributed by atoms with Crippen LogP contribution in [0, 0.1) is 5.82 Å². The van der Waals surface area contributed by atoms with Crippen LogP contribution in [0.15, 0.2) is 29.3 Å². The first kappa shape index (κ1) is 21.5. The number of benzene rings is 1. The molecule has 148 valence electrons. The van der Waals surface area contributed by atoms with E-state index in [2.05, 4.69) is 25.7 Å². The molecule has 27 heavy (non-hydrogen) atoms. The first-order valence-corrected chi connectivity index (χ1v) is 8.81. The van der Waals surface area contributed by atoms with Crippen molar-refractivity contribution in [3.8, 4) is 0 Å². The minimum Gasteiger partial charge on any atom is -0.377 e. The van der Waals surface area contributed by atoms with Gasteiger partial charge in [0.25, 0.3) is 0 Å². The summed E-state index contributed by atoms with van der Waals surface area (Å²) in [7, 11) is 3.40. The molecule has 0 radical (unpaired) electrons. The Labute approximate surface area is 175 Å². The second-order valence-electron chi connectivity index (χ2n) is 6.31. The highest BCUT2D eigenvalue weighted by Gasteiger charge is 2.22. The molecule has 0 spiro atoms. The van der Waals surface area contributed by atoms with Crippen LogP contribution < -0.4 is 10.6 Å². The van der Waals surface area contributed by atoms with Crippen LogP contribution in [0.3, 0.4) is 0 Å². The van der Waals surface area contributed by atoms with E-state index in [0.717, 1.165) is 55.5 Å². The van der Waals surface area contributed by atoms with Crippen molar-refractivity contribution in [3.05, 3.63) is 47.3 Å². The number of ether oxygens (including phenoxy) is 1. The molecular formula is C18H26FIN6O.